The second-order valence-corrected chi connectivity index (χ2v) is 1.80. The molecule has 8 heavy (non-hydrogen) atoms. The molecule has 1 aliphatic rings. The molecule has 0 unspecified atom stereocenters. The van der Waals surface area contributed by atoms with Gasteiger partial charge in [0.2, 0.25) is 0 Å². The zero-order chi connectivity index (χ0) is 5.82. The van der Waals surface area contributed by atoms with E-state index in [1.54, 1.807) is 0 Å². The Bertz CT molecular complexity index is 98.7. The highest BCUT2D eigenvalue weighted by Crippen LogP contribution is 2.01. The average molecular weight is 113 g/mol. The van der Waals surface area contributed by atoms with Crippen LogP contribution in [0.4, 0.5) is 0 Å². The summed E-state index contributed by atoms with van der Waals surface area (Å²) in [6.07, 6.45) is 3.11. The van der Waals surface area contributed by atoms with Crippen LogP contribution in [0.5, 0.6) is 0 Å². The summed E-state index contributed by atoms with van der Waals surface area (Å²) in [5.41, 5.74) is 1.30. The van der Waals surface area contributed by atoms with E-state index in [1.165, 1.54) is 5.70 Å². The minimum Gasteiger partial charge on any atom is -0.392 e. The number of nitrogens with one attached hydrogen (secondary N) is 1. The van der Waals surface area contributed by atoms with Gasteiger partial charge in [-0.1, -0.05) is 0 Å². The van der Waals surface area contributed by atoms with Crippen molar-refractivity contribution < 1.29 is 4.74 Å². The van der Waals surface area contributed by atoms with Crippen molar-refractivity contribution in [3.63, 3.8) is 0 Å². The van der Waals surface area contributed by atoms with Gasteiger partial charge in [-0.25, -0.2) is 0 Å². The van der Waals surface area contributed by atoms with Crippen LogP contribution >= 0.6 is 0 Å². The van der Waals surface area contributed by atoms with Crippen molar-refractivity contribution in [2.75, 3.05) is 20.3 Å². The smallest absolute Gasteiger partial charge is 0.0667 e. The Kier molecular flexibility index (Phi) is 1.92. The molecule has 0 bridgehead atoms. The van der Waals surface area contributed by atoms with Gasteiger partial charge in [0.1, 0.15) is 0 Å². The van der Waals surface area contributed by atoms with Crippen LogP contribution in [-0.2, 0) is 4.74 Å². The largest absolute Gasteiger partial charge is 0.392 e. The number of ether oxygens (including phenoxy) is 1. The summed E-state index contributed by atoms with van der Waals surface area (Å²) in [4.78, 5) is 0. The molecule has 46 valence electrons. The Morgan fingerprint density at radius 1 is 1.75 bits per heavy atom. The second kappa shape index (κ2) is 2.72. The quantitative estimate of drug-likeness (QED) is 0.535. The van der Waals surface area contributed by atoms with E-state index in [4.69, 9.17) is 4.74 Å². The van der Waals surface area contributed by atoms with Crippen LogP contribution in [0.2, 0.25) is 0 Å². The SMILES string of the molecule is CNC1=CCOCC1. The molecule has 2 heteroatoms. The van der Waals surface area contributed by atoms with Crippen molar-refractivity contribution in [3.05, 3.63) is 11.8 Å². The van der Waals surface area contributed by atoms with Gasteiger partial charge < -0.3 is 10.1 Å². The maximum absolute atomic E-state index is 5.09. The van der Waals surface area contributed by atoms with Crippen LogP contribution in [0.1, 0.15) is 6.42 Å². The third kappa shape index (κ3) is 1.23. The highest BCUT2D eigenvalue weighted by atomic mass is 16.5. The van der Waals surface area contributed by atoms with Crippen LogP contribution in [0.15, 0.2) is 11.8 Å². The maximum Gasteiger partial charge on any atom is 0.0667 e. The molecule has 0 fully saturated rings. The Labute approximate surface area is 49.5 Å². The number of hydrogen-bond donors (Lipinski definition) is 1. The summed E-state index contributed by atoms with van der Waals surface area (Å²) in [6.45, 7) is 1.64. The van der Waals surface area contributed by atoms with Gasteiger partial charge in [-0.2, -0.15) is 0 Å². The van der Waals surface area contributed by atoms with E-state index in [9.17, 15) is 0 Å². The van der Waals surface area contributed by atoms with Gasteiger partial charge in [0, 0.05) is 19.2 Å². The van der Waals surface area contributed by atoms with Crippen LogP contribution in [0, 0.1) is 0 Å². The second-order valence-electron chi connectivity index (χ2n) is 1.80. The van der Waals surface area contributed by atoms with Gasteiger partial charge in [0.25, 0.3) is 0 Å². The predicted molar refractivity (Wildman–Crippen MR) is 32.6 cm³/mol. The van der Waals surface area contributed by atoms with Gasteiger partial charge in [-0.3, -0.25) is 0 Å². The molecule has 0 aromatic heterocycles. The van der Waals surface area contributed by atoms with E-state index < -0.39 is 0 Å². The van der Waals surface area contributed by atoms with E-state index in [-0.39, 0.29) is 0 Å². The summed E-state index contributed by atoms with van der Waals surface area (Å²) in [6, 6.07) is 0. The molecule has 0 saturated heterocycles. The Balaban J connectivity index is 2.37. The molecular weight excluding hydrogens is 102 g/mol. The van der Waals surface area contributed by atoms with Gasteiger partial charge in [-0.15, -0.1) is 0 Å². The average Bonchev–Trinajstić information content (AvgIpc) is 1.90. The summed E-state index contributed by atoms with van der Waals surface area (Å²) < 4.78 is 5.09. The third-order valence-electron chi connectivity index (χ3n) is 1.28. The lowest BCUT2D eigenvalue weighted by Crippen LogP contribution is -2.14. The first-order valence-corrected chi connectivity index (χ1v) is 2.88. The van der Waals surface area contributed by atoms with E-state index in [1.807, 2.05) is 7.05 Å². The molecule has 0 aromatic carbocycles. The molecule has 0 spiro atoms. The molecule has 0 aromatic rings. The molecule has 0 radical (unpaired) electrons. The zero-order valence-corrected chi connectivity index (χ0v) is 5.11. The predicted octanol–water partition coefficient (Wildman–Crippen LogP) is 0.510. The molecule has 1 aliphatic heterocycles. The number of hydrogen-bond acceptors (Lipinski definition) is 2. The highest BCUT2D eigenvalue weighted by Gasteiger charge is 1.98. The molecule has 1 rings (SSSR count). The van der Waals surface area contributed by atoms with Gasteiger partial charge in [0.05, 0.1) is 13.2 Å². The fourth-order valence-corrected chi connectivity index (χ4v) is 0.754. The van der Waals surface area contributed by atoms with Gasteiger partial charge in [-0.05, 0) is 6.08 Å². The van der Waals surface area contributed by atoms with Crippen molar-refractivity contribution in [2.45, 2.75) is 6.42 Å². The lowest BCUT2D eigenvalue weighted by molar-refractivity contribution is 0.152. The molecule has 1 N–H and O–H groups in total. The monoisotopic (exact) mass is 113 g/mol. The minimum absolute atomic E-state index is 0.774. The van der Waals surface area contributed by atoms with Crippen LogP contribution in [-0.4, -0.2) is 20.3 Å². The van der Waals surface area contributed by atoms with E-state index >= 15 is 0 Å². The lowest BCUT2D eigenvalue weighted by Gasteiger charge is -2.11. The molecule has 0 saturated carbocycles. The fraction of sp³-hybridized carbons (Fsp3) is 0.667. The van der Waals surface area contributed by atoms with Gasteiger partial charge >= 0.3 is 0 Å². The number of rotatable bonds is 1. The Morgan fingerprint density at radius 2 is 2.62 bits per heavy atom. The standard InChI is InChI=1S/C6H11NO/c1-7-6-2-4-8-5-3-6/h2,7H,3-5H2,1H3. The Morgan fingerprint density at radius 3 is 3.00 bits per heavy atom. The van der Waals surface area contributed by atoms with Crippen LogP contribution < -0.4 is 5.32 Å². The fourth-order valence-electron chi connectivity index (χ4n) is 0.754. The summed E-state index contributed by atoms with van der Waals surface area (Å²) in [5.74, 6) is 0. The van der Waals surface area contributed by atoms with E-state index in [0.29, 0.717) is 0 Å². The molecular formula is C6H11NO. The summed E-state index contributed by atoms with van der Waals surface area (Å²) in [5, 5.41) is 3.08. The van der Waals surface area contributed by atoms with Crippen molar-refractivity contribution in [3.8, 4) is 0 Å². The van der Waals surface area contributed by atoms with Crippen molar-refractivity contribution in [1.82, 2.24) is 5.32 Å². The molecule has 0 aliphatic carbocycles. The highest BCUT2D eigenvalue weighted by molar-refractivity contribution is 5.00. The van der Waals surface area contributed by atoms with Crippen molar-refractivity contribution in [2.24, 2.45) is 0 Å². The van der Waals surface area contributed by atoms with Crippen LogP contribution in [0.25, 0.3) is 0 Å². The molecule has 0 amide bonds. The zero-order valence-electron chi connectivity index (χ0n) is 5.11. The summed E-state index contributed by atoms with van der Waals surface area (Å²) in [7, 11) is 1.94. The minimum atomic E-state index is 0.774. The topological polar surface area (TPSA) is 21.3 Å². The first-order chi connectivity index (χ1) is 3.93. The first-order valence-electron chi connectivity index (χ1n) is 2.88. The van der Waals surface area contributed by atoms with E-state index in [0.717, 1.165) is 19.6 Å². The third-order valence-corrected chi connectivity index (χ3v) is 1.28. The lowest BCUT2D eigenvalue weighted by atomic mass is 10.3. The van der Waals surface area contributed by atoms with E-state index in [2.05, 4.69) is 11.4 Å². The maximum atomic E-state index is 5.09. The Hall–Kier alpha value is -0.500. The molecule has 1 heterocycles. The first kappa shape index (κ1) is 5.63. The normalized spacial score (nSPS) is 19.9. The molecule has 0 atom stereocenters. The van der Waals surface area contributed by atoms with Gasteiger partial charge in [0.15, 0.2) is 0 Å². The van der Waals surface area contributed by atoms with Crippen molar-refractivity contribution >= 4 is 0 Å². The van der Waals surface area contributed by atoms with Crippen molar-refractivity contribution in [1.29, 1.82) is 0 Å². The summed E-state index contributed by atoms with van der Waals surface area (Å²) >= 11 is 0. The molecule has 2 nitrogen and oxygen atoms in total. The van der Waals surface area contributed by atoms with Crippen LogP contribution in [0.3, 0.4) is 0 Å².